The summed E-state index contributed by atoms with van der Waals surface area (Å²) in [7, 11) is 0. The summed E-state index contributed by atoms with van der Waals surface area (Å²) < 4.78 is 11.8. The minimum Gasteiger partial charge on any atom is -0.353 e. The average Bonchev–Trinajstić information content (AvgIpc) is 2.55. The van der Waals surface area contributed by atoms with Crippen molar-refractivity contribution in [3.8, 4) is 6.07 Å². The van der Waals surface area contributed by atoms with Crippen molar-refractivity contribution >= 4 is 6.08 Å². The van der Waals surface area contributed by atoms with E-state index in [1.807, 2.05) is 6.07 Å². The van der Waals surface area contributed by atoms with Crippen molar-refractivity contribution in [2.75, 3.05) is 6.61 Å². The number of hydrogen-bond acceptors (Lipinski definition) is 4. The Morgan fingerprint density at radius 1 is 1.38 bits per heavy atom. The molecule has 2 atom stereocenters. The van der Waals surface area contributed by atoms with Crippen molar-refractivity contribution in [3.63, 3.8) is 0 Å². The number of nitrogens with zero attached hydrogens (tertiary/aromatic N) is 2. The summed E-state index contributed by atoms with van der Waals surface area (Å²) in [5.74, 6) is 0. The monoisotopic (exact) mass is 284 g/mol. The van der Waals surface area contributed by atoms with Crippen LogP contribution in [0.4, 0.5) is 0 Å². The second-order valence-corrected chi connectivity index (χ2v) is 5.59. The first kappa shape index (κ1) is 14.2. The fraction of sp³-hybridized carbons (Fsp3) is 0.529. The summed E-state index contributed by atoms with van der Waals surface area (Å²) in [4.78, 5) is 4.63. The van der Waals surface area contributed by atoms with Gasteiger partial charge < -0.3 is 9.47 Å². The fourth-order valence-electron chi connectivity index (χ4n) is 3.06. The van der Waals surface area contributed by atoms with Crippen molar-refractivity contribution in [2.45, 2.75) is 50.9 Å². The molecule has 2 unspecified atom stereocenters. The van der Waals surface area contributed by atoms with Gasteiger partial charge in [-0.25, -0.2) is 4.98 Å². The maximum atomic E-state index is 9.19. The molecule has 0 spiro atoms. The Balaban J connectivity index is 1.86. The zero-order valence-electron chi connectivity index (χ0n) is 12.2. The molecule has 21 heavy (non-hydrogen) atoms. The number of pyridine rings is 1. The molecule has 1 aromatic heterocycles. The number of aromatic nitrogens is 1. The minimum absolute atomic E-state index is 0.0247. The largest absolute Gasteiger partial charge is 0.353 e. The molecule has 0 bridgehead atoms. The molecule has 0 radical (unpaired) electrons. The Labute approximate surface area is 125 Å². The first-order valence-electron chi connectivity index (χ1n) is 7.65. The highest BCUT2D eigenvalue weighted by molar-refractivity contribution is 5.54. The molecule has 0 aromatic carbocycles. The van der Waals surface area contributed by atoms with E-state index in [1.54, 1.807) is 6.08 Å². The Morgan fingerprint density at radius 2 is 2.29 bits per heavy atom. The average molecular weight is 284 g/mol. The van der Waals surface area contributed by atoms with Gasteiger partial charge in [-0.3, -0.25) is 0 Å². The van der Waals surface area contributed by atoms with Crippen molar-refractivity contribution in [2.24, 2.45) is 0 Å². The highest BCUT2D eigenvalue weighted by atomic mass is 16.7. The summed E-state index contributed by atoms with van der Waals surface area (Å²) in [5, 5.41) is 9.19. The molecular formula is C17H20N2O2. The fourth-order valence-corrected chi connectivity index (χ4v) is 3.06. The van der Waals surface area contributed by atoms with Crippen molar-refractivity contribution in [1.29, 1.82) is 5.26 Å². The lowest BCUT2D eigenvalue weighted by atomic mass is 9.92. The van der Waals surface area contributed by atoms with Gasteiger partial charge in [0.05, 0.1) is 17.0 Å². The SMILES string of the molecule is C=Cc1nc2c(cc1C#N)CCCC2OC1CCCCO1. The third kappa shape index (κ3) is 2.99. The Hall–Kier alpha value is -1.70. The zero-order valence-corrected chi connectivity index (χ0v) is 12.2. The molecular weight excluding hydrogens is 264 g/mol. The van der Waals surface area contributed by atoms with E-state index >= 15 is 0 Å². The Kier molecular flexibility index (Phi) is 4.33. The highest BCUT2D eigenvalue weighted by Crippen LogP contribution is 2.34. The summed E-state index contributed by atoms with van der Waals surface area (Å²) >= 11 is 0. The van der Waals surface area contributed by atoms with Gasteiger partial charge in [0, 0.05) is 6.61 Å². The van der Waals surface area contributed by atoms with Crippen LogP contribution in [0.1, 0.15) is 60.7 Å². The normalized spacial score (nSPS) is 24.9. The summed E-state index contributed by atoms with van der Waals surface area (Å²) in [5.41, 5.74) is 3.34. The van der Waals surface area contributed by atoms with Gasteiger partial charge in [0.15, 0.2) is 6.29 Å². The smallest absolute Gasteiger partial charge is 0.158 e. The van der Waals surface area contributed by atoms with Gasteiger partial charge >= 0.3 is 0 Å². The van der Waals surface area contributed by atoms with Gasteiger partial charge in [-0.1, -0.05) is 6.58 Å². The van der Waals surface area contributed by atoms with Crippen LogP contribution < -0.4 is 0 Å². The van der Waals surface area contributed by atoms with Gasteiger partial charge in [0.2, 0.25) is 0 Å². The summed E-state index contributed by atoms with van der Waals surface area (Å²) in [6.07, 6.45) is 7.71. The van der Waals surface area contributed by atoms with Crippen LogP contribution in [0, 0.1) is 11.3 Å². The van der Waals surface area contributed by atoms with Crippen LogP contribution in [0.15, 0.2) is 12.6 Å². The van der Waals surface area contributed by atoms with Crippen LogP contribution in [0.3, 0.4) is 0 Å². The maximum Gasteiger partial charge on any atom is 0.158 e. The van der Waals surface area contributed by atoms with Crippen LogP contribution in [-0.4, -0.2) is 17.9 Å². The van der Waals surface area contributed by atoms with E-state index in [0.717, 1.165) is 56.4 Å². The van der Waals surface area contributed by atoms with Crippen LogP contribution in [0.5, 0.6) is 0 Å². The molecule has 4 nitrogen and oxygen atoms in total. The molecule has 0 saturated carbocycles. The van der Waals surface area contributed by atoms with Crippen molar-refractivity contribution in [1.82, 2.24) is 4.98 Å². The number of nitriles is 1. The number of aryl methyl sites for hydroxylation is 1. The molecule has 0 amide bonds. The molecule has 1 aliphatic carbocycles. The summed E-state index contributed by atoms with van der Waals surface area (Å²) in [6.45, 7) is 4.53. The van der Waals surface area contributed by atoms with Crippen molar-refractivity contribution < 1.29 is 9.47 Å². The van der Waals surface area contributed by atoms with E-state index < -0.39 is 0 Å². The van der Waals surface area contributed by atoms with Crippen LogP contribution in [-0.2, 0) is 15.9 Å². The molecule has 110 valence electrons. The Bertz CT molecular complexity index is 571. The first-order valence-corrected chi connectivity index (χ1v) is 7.65. The van der Waals surface area contributed by atoms with Gasteiger partial charge in [0.25, 0.3) is 0 Å². The second-order valence-electron chi connectivity index (χ2n) is 5.59. The number of ether oxygens (including phenoxy) is 2. The molecule has 0 N–H and O–H groups in total. The van der Waals surface area contributed by atoms with Gasteiger partial charge in [0.1, 0.15) is 12.2 Å². The molecule has 1 aliphatic heterocycles. The van der Waals surface area contributed by atoms with Gasteiger partial charge in [-0.15, -0.1) is 0 Å². The molecule has 2 aliphatic rings. The highest BCUT2D eigenvalue weighted by Gasteiger charge is 2.27. The number of fused-ring (bicyclic) bond motifs is 1. The van der Waals surface area contributed by atoms with E-state index in [-0.39, 0.29) is 12.4 Å². The lowest BCUT2D eigenvalue weighted by Gasteiger charge is -2.31. The van der Waals surface area contributed by atoms with E-state index in [0.29, 0.717) is 11.3 Å². The predicted octanol–water partition coefficient (Wildman–Crippen LogP) is 3.52. The topological polar surface area (TPSA) is 55.1 Å². The molecule has 1 fully saturated rings. The van der Waals surface area contributed by atoms with Gasteiger partial charge in [-0.05, 0) is 56.2 Å². The summed E-state index contributed by atoms with van der Waals surface area (Å²) in [6, 6.07) is 4.13. The maximum absolute atomic E-state index is 9.19. The first-order chi connectivity index (χ1) is 10.3. The van der Waals surface area contributed by atoms with Crippen LogP contribution in [0.2, 0.25) is 0 Å². The van der Waals surface area contributed by atoms with E-state index in [2.05, 4.69) is 17.6 Å². The molecule has 1 aromatic rings. The van der Waals surface area contributed by atoms with Crippen molar-refractivity contribution in [3.05, 3.63) is 35.2 Å². The van der Waals surface area contributed by atoms with Gasteiger partial charge in [-0.2, -0.15) is 5.26 Å². The minimum atomic E-state index is -0.112. The van der Waals surface area contributed by atoms with E-state index in [1.165, 1.54) is 0 Å². The third-order valence-corrected chi connectivity index (χ3v) is 4.15. The van der Waals surface area contributed by atoms with Crippen LogP contribution in [0.25, 0.3) is 6.08 Å². The molecule has 2 heterocycles. The lowest BCUT2D eigenvalue weighted by molar-refractivity contribution is -0.193. The van der Waals surface area contributed by atoms with Crippen LogP contribution >= 0.6 is 0 Å². The Morgan fingerprint density at radius 3 is 3.00 bits per heavy atom. The molecule has 4 heteroatoms. The standard InChI is InChI=1S/C17H20N2O2/c1-2-14-13(11-18)10-12-6-5-7-15(17(12)19-14)21-16-8-3-4-9-20-16/h2,10,15-16H,1,3-9H2. The second kappa shape index (κ2) is 6.38. The van der Waals surface area contributed by atoms with E-state index in [9.17, 15) is 5.26 Å². The number of rotatable bonds is 3. The lowest BCUT2D eigenvalue weighted by Crippen LogP contribution is -2.27. The predicted molar refractivity (Wildman–Crippen MR) is 79.4 cm³/mol. The zero-order chi connectivity index (χ0) is 14.7. The molecule has 3 rings (SSSR count). The third-order valence-electron chi connectivity index (χ3n) is 4.15. The number of hydrogen-bond donors (Lipinski definition) is 0. The molecule has 1 saturated heterocycles. The quantitative estimate of drug-likeness (QED) is 0.852. The van der Waals surface area contributed by atoms with E-state index in [4.69, 9.17) is 9.47 Å².